The molecule has 2 heterocycles. The number of rotatable bonds is 8. The number of hydrogen-bond donors (Lipinski definition) is 0. The summed E-state index contributed by atoms with van der Waals surface area (Å²) >= 11 is 7.41. The zero-order valence-corrected chi connectivity index (χ0v) is 26.4. The molecule has 10 heteroatoms. The van der Waals surface area contributed by atoms with Crippen molar-refractivity contribution in [2.24, 2.45) is 4.99 Å². The molecule has 0 saturated carbocycles. The summed E-state index contributed by atoms with van der Waals surface area (Å²) in [4.78, 5) is 33.1. The number of nitrogens with zero attached hydrogens (tertiary/aromatic N) is 2. The zero-order chi connectivity index (χ0) is 26.7. The predicted octanol–water partition coefficient (Wildman–Crippen LogP) is 5.29. The molecule has 0 saturated heterocycles. The minimum absolute atomic E-state index is 0.200. The molecule has 0 aliphatic carbocycles. The Morgan fingerprint density at radius 3 is 2.51 bits per heavy atom. The molecule has 0 bridgehead atoms. The number of carbonyl (C=O) groups excluding carboxylic acids is 1. The molecule has 3 aromatic rings. The molecule has 1 aliphatic rings. The first-order valence-corrected chi connectivity index (χ1v) is 15.5. The maximum absolute atomic E-state index is 13.8. The van der Waals surface area contributed by atoms with Crippen molar-refractivity contribution in [2.75, 3.05) is 19.5 Å². The average Bonchev–Trinajstić information content (AvgIpc) is 3.17. The van der Waals surface area contributed by atoms with Crippen LogP contribution in [-0.4, -0.2) is 30.0 Å². The Bertz CT molecular complexity index is 1550. The Morgan fingerprint density at radius 2 is 1.92 bits per heavy atom. The van der Waals surface area contributed by atoms with Gasteiger partial charge in [0, 0.05) is 4.90 Å². The number of hydrogen-bond acceptors (Lipinski definition) is 7. The van der Waals surface area contributed by atoms with Gasteiger partial charge in [-0.2, -0.15) is 0 Å². The molecule has 1 aliphatic heterocycles. The van der Waals surface area contributed by atoms with Gasteiger partial charge in [-0.15, -0.1) is 11.8 Å². The van der Waals surface area contributed by atoms with E-state index in [1.165, 1.54) is 11.3 Å². The molecule has 2 aromatic carbocycles. The highest BCUT2D eigenvalue weighted by Gasteiger charge is 2.33. The molecule has 1 atom stereocenters. The molecule has 6 nitrogen and oxygen atoms in total. The first-order valence-electron chi connectivity index (χ1n) is 11.3. The van der Waals surface area contributed by atoms with Crippen LogP contribution in [0.25, 0.3) is 6.08 Å². The number of fused-ring (bicyclic) bond motifs is 1. The molecule has 0 N–H and O–H groups in total. The summed E-state index contributed by atoms with van der Waals surface area (Å²) in [5, 5.41) is 0. The quantitative estimate of drug-likeness (QED) is 0.135. The molecule has 0 fully saturated rings. The number of benzene rings is 2. The highest BCUT2D eigenvalue weighted by atomic mass is 127. The first-order chi connectivity index (χ1) is 17.8. The van der Waals surface area contributed by atoms with Gasteiger partial charge in [-0.1, -0.05) is 36.1 Å². The lowest BCUT2D eigenvalue weighted by Gasteiger charge is -2.24. The van der Waals surface area contributed by atoms with Crippen molar-refractivity contribution < 1.29 is 14.3 Å². The molecule has 0 amide bonds. The Balaban J connectivity index is 1.88. The fraction of sp³-hybridized carbons (Fsp3) is 0.222. The van der Waals surface area contributed by atoms with E-state index in [4.69, 9.17) is 9.47 Å². The van der Waals surface area contributed by atoms with Gasteiger partial charge in [-0.3, -0.25) is 9.36 Å². The van der Waals surface area contributed by atoms with Crippen molar-refractivity contribution in [2.45, 2.75) is 24.8 Å². The van der Waals surface area contributed by atoms with Crippen LogP contribution in [0.15, 0.2) is 75.0 Å². The van der Waals surface area contributed by atoms with E-state index in [9.17, 15) is 9.59 Å². The Morgan fingerprint density at radius 1 is 1.24 bits per heavy atom. The Hall–Kier alpha value is -1.90. The number of thiazole rings is 1. The molecule has 0 spiro atoms. The van der Waals surface area contributed by atoms with Crippen molar-refractivity contribution >= 4 is 80.3 Å². The Labute approximate surface area is 250 Å². The number of esters is 1. The normalized spacial score (nSPS) is 15.3. The SMILES string of the molecule is C=CCOc1c(I)cc(/C=c2\sc3n(c2=O)[C@H](c2ccc(SC)cc2)C(C(=O)OCC)=C(C)N=3)cc1I. The van der Waals surface area contributed by atoms with E-state index in [0.29, 0.717) is 27.2 Å². The van der Waals surface area contributed by atoms with Gasteiger partial charge in [-0.25, -0.2) is 9.79 Å². The molecular weight excluding hydrogens is 734 g/mol. The monoisotopic (exact) mass is 758 g/mol. The molecular formula is C27H24I2N2O4S2. The molecule has 192 valence electrons. The second-order valence-corrected chi connectivity index (χ2v) is 12.2. The van der Waals surface area contributed by atoms with E-state index >= 15 is 0 Å². The van der Waals surface area contributed by atoms with Gasteiger partial charge in [-0.05, 0) is 107 Å². The van der Waals surface area contributed by atoms with Crippen LogP contribution in [0, 0.1) is 7.14 Å². The summed E-state index contributed by atoms with van der Waals surface area (Å²) in [7, 11) is 0. The summed E-state index contributed by atoms with van der Waals surface area (Å²) < 4.78 is 15.2. The highest BCUT2D eigenvalue weighted by Crippen LogP contribution is 2.32. The smallest absolute Gasteiger partial charge is 0.338 e. The topological polar surface area (TPSA) is 69.9 Å². The number of ether oxygens (including phenoxy) is 2. The lowest BCUT2D eigenvalue weighted by atomic mass is 9.96. The van der Waals surface area contributed by atoms with E-state index in [0.717, 1.165) is 28.9 Å². The summed E-state index contributed by atoms with van der Waals surface area (Å²) in [6.45, 7) is 7.92. The number of carbonyl (C=O) groups is 1. The Kier molecular flexibility index (Phi) is 9.35. The maximum atomic E-state index is 13.8. The predicted molar refractivity (Wildman–Crippen MR) is 166 cm³/mol. The third-order valence-corrected chi connectivity index (χ3v) is 8.94. The lowest BCUT2D eigenvalue weighted by molar-refractivity contribution is -0.139. The molecule has 4 rings (SSSR count). The largest absolute Gasteiger partial charge is 0.487 e. The molecule has 37 heavy (non-hydrogen) atoms. The van der Waals surface area contributed by atoms with Gasteiger partial charge in [0.05, 0.1) is 35.6 Å². The van der Waals surface area contributed by atoms with E-state index in [1.54, 1.807) is 36.3 Å². The molecule has 1 aromatic heterocycles. The second-order valence-electron chi connectivity index (χ2n) is 7.99. The average molecular weight is 758 g/mol. The van der Waals surface area contributed by atoms with Gasteiger partial charge < -0.3 is 9.47 Å². The second kappa shape index (κ2) is 12.3. The van der Waals surface area contributed by atoms with Crippen molar-refractivity contribution in [3.63, 3.8) is 0 Å². The fourth-order valence-corrected chi connectivity index (χ4v) is 7.57. The van der Waals surface area contributed by atoms with E-state index in [-0.39, 0.29) is 12.2 Å². The number of aromatic nitrogens is 1. The fourth-order valence-electron chi connectivity index (χ4n) is 3.99. The van der Waals surface area contributed by atoms with Gasteiger partial charge in [0.15, 0.2) is 4.80 Å². The van der Waals surface area contributed by atoms with Crippen LogP contribution < -0.4 is 19.6 Å². The van der Waals surface area contributed by atoms with Gasteiger partial charge in [0.2, 0.25) is 0 Å². The van der Waals surface area contributed by atoms with E-state index in [2.05, 4.69) is 56.8 Å². The van der Waals surface area contributed by atoms with Gasteiger partial charge >= 0.3 is 5.97 Å². The van der Waals surface area contributed by atoms with Crippen molar-refractivity contribution in [3.05, 3.63) is 98.3 Å². The molecule has 0 radical (unpaired) electrons. The summed E-state index contributed by atoms with van der Waals surface area (Å²) in [5.41, 5.74) is 2.44. The third kappa shape index (κ3) is 5.91. The van der Waals surface area contributed by atoms with Gasteiger partial charge in [0.25, 0.3) is 5.56 Å². The standard InChI is InChI=1S/C27H24I2N2O4S2/c1-5-11-35-24-19(28)12-16(13-20(24)29)14-21-25(32)31-23(17-7-9-18(36-4)10-8-17)22(26(33)34-6-2)15(3)30-27(31)37-21/h5,7-10,12-14,23H,1,6,11H2,2-4H3/b21-14-/t23-/m1/s1. The number of allylic oxidation sites excluding steroid dienone is 1. The van der Waals surface area contributed by atoms with Gasteiger partial charge in [0.1, 0.15) is 12.4 Å². The first kappa shape index (κ1) is 28.1. The van der Waals surface area contributed by atoms with Crippen LogP contribution in [0.1, 0.15) is 31.0 Å². The summed E-state index contributed by atoms with van der Waals surface area (Å²) in [6, 6.07) is 11.2. The van der Waals surface area contributed by atoms with Crippen molar-refractivity contribution in [1.29, 1.82) is 0 Å². The zero-order valence-electron chi connectivity index (χ0n) is 20.4. The minimum atomic E-state index is -0.622. The highest BCUT2D eigenvalue weighted by molar-refractivity contribution is 14.1. The summed E-state index contributed by atoms with van der Waals surface area (Å²) in [5.74, 6) is 0.333. The van der Waals surface area contributed by atoms with Crippen molar-refractivity contribution in [1.82, 2.24) is 4.57 Å². The summed E-state index contributed by atoms with van der Waals surface area (Å²) in [6.07, 6.45) is 5.58. The lowest BCUT2D eigenvalue weighted by Crippen LogP contribution is -2.39. The van der Waals surface area contributed by atoms with Crippen LogP contribution in [-0.2, 0) is 9.53 Å². The van der Waals surface area contributed by atoms with E-state index < -0.39 is 12.0 Å². The molecule has 0 unspecified atom stereocenters. The van der Waals surface area contributed by atoms with Crippen LogP contribution in [0.3, 0.4) is 0 Å². The van der Waals surface area contributed by atoms with Crippen LogP contribution in [0.5, 0.6) is 5.75 Å². The number of thioether (sulfide) groups is 1. The maximum Gasteiger partial charge on any atom is 0.338 e. The van der Waals surface area contributed by atoms with Crippen molar-refractivity contribution in [3.8, 4) is 5.75 Å². The van der Waals surface area contributed by atoms with Crippen LogP contribution >= 0.6 is 68.3 Å². The van der Waals surface area contributed by atoms with Crippen LogP contribution in [0.4, 0.5) is 0 Å². The minimum Gasteiger partial charge on any atom is -0.487 e. The number of halogens is 2. The third-order valence-electron chi connectivity index (χ3n) is 5.61. The van der Waals surface area contributed by atoms with Crippen LogP contribution in [0.2, 0.25) is 0 Å². The van der Waals surface area contributed by atoms with E-state index in [1.807, 2.05) is 48.7 Å².